The first kappa shape index (κ1) is 24.4. The molecule has 162 valence electrons. The fourth-order valence-corrected chi connectivity index (χ4v) is 2.67. The highest BCUT2D eigenvalue weighted by Crippen LogP contribution is 2.12. The summed E-state index contributed by atoms with van der Waals surface area (Å²) < 4.78 is 0. The topological polar surface area (TPSA) is 168 Å². The second-order valence-electron chi connectivity index (χ2n) is 7.39. The number of carboxylic acid groups (broad SMARTS) is 1. The van der Waals surface area contributed by atoms with Crippen molar-refractivity contribution in [2.24, 2.45) is 17.4 Å². The third-order valence-electron chi connectivity index (χ3n) is 4.59. The molecule has 0 aliphatic heterocycles. The number of rotatable bonds is 12. The quantitative estimate of drug-likeness (QED) is 0.267. The van der Waals surface area contributed by atoms with Gasteiger partial charge in [-0.1, -0.05) is 26.0 Å². The van der Waals surface area contributed by atoms with Gasteiger partial charge in [0, 0.05) is 6.42 Å². The number of amides is 2. The molecule has 0 heterocycles. The molecule has 1 rings (SSSR count). The van der Waals surface area contributed by atoms with Gasteiger partial charge in [0.05, 0.1) is 6.04 Å². The lowest BCUT2D eigenvalue weighted by molar-refractivity contribution is -0.142. The number of hydrogen-bond acceptors (Lipinski definition) is 6. The molecule has 1 aromatic carbocycles. The molecule has 0 unspecified atom stereocenters. The summed E-state index contributed by atoms with van der Waals surface area (Å²) in [7, 11) is 0. The average molecular weight is 408 g/mol. The Kier molecular flexibility index (Phi) is 10.1. The van der Waals surface area contributed by atoms with Crippen LogP contribution in [0.15, 0.2) is 24.3 Å². The molecule has 8 N–H and O–H groups in total. The van der Waals surface area contributed by atoms with E-state index in [0.717, 1.165) is 0 Å². The normalized spacial score (nSPS) is 14.1. The highest BCUT2D eigenvalue weighted by atomic mass is 16.4. The molecule has 1 aromatic rings. The SMILES string of the molecule is CC(C)[C@H](N)C(=O)N[C@@H](Cc1ccc(O)cc1)C(=O)N[C@@H](CCCCN)C(=O)O. The molecule has 0 saturated heterocycles. The first-order chi connectivity index (χ1) is 13.6. The van der Waals surface area contributed by atoms with Gasteiger partial charge in [-0.2, -0.15) is 0 Å². The van der Waals surface area contributed by atoms with Crippen LogP contribution >= 0.6 is 0 Å². The average Bonchev–Trinajstić information content (AvgIpc) is 2.67. The van der Waals surface area contributed by atoms with Gasteiger partial charge < -0.3 is 32.3 Å². The monoisotopic (exact) mass is 408 g/mol. The van der Waals surface area contributed by atoms with E-state index in [1.54, 1.807) is 26.0 Å². The minimum absolute atomic E-state index is 0.0754. The van der Waals surface area contributed by atoms with Gasteiger partial charge in [-0.25, -0.2) is 4.79 Å². The zero-order valence-electron chi connectivity index (χ0n) is 16.9. The van der Waals surface area contributed by atoms with Crippen LogP contribution in [0.2, 0.25) is 0 Å². The van der Waals surface area contributed by atoms with Gasteiger partial charge >= 0.3 is 5.97 Å². The van der Waals surface area contributed by atoms with Crippen molar-refractivity contribution in [3.8, 4) is 5.75 Å². The van der Waals surface area contributed by atoms with Crippen LogP contribution in [0.25, 0.3) is 0 Å². The first-order valence-electron chi connectivity index (χ1n) is 9.72. The van der Waals surface area contributed by atoms with Crippen LogP contribution in [-0.2, 0) is 20.8 Å². The zero-order chi connectivity index (χ0) is 22.0. The Morgan fingerprint density at radius 1 is 1.00 bits per heavy atom. The maximum Gasteiger partial charge on any atom is 0.326 e. The maximum absolute atomic E-state index is 12.8. The van der Waals surface area contributed by atoms with Crippen LogP contribution in [0.1, 0.15) is 38.7 Å². The van der Waals surface area contributed by atoms with Crippen molar-refractivity contribution in [3.63, 3.8) is 0 Å². The van der Waals surface area contributed by atoms with E-state index in [-0.39, 0.29) is 24.5 Å². The van der Waals surface area contributed by atoms with Crippen molar-refractivity contribution in [2.75, 3.05) is 6.54 Å². The Hall–Kier alpha value is -2.65. The van der Waals surface area contributed by atoms with Gasteiger partial charge in [0.2, 0.25) is 11.8 Å². The molecule has 0 radical (unpaired) electrons. The van der Waals surface area contributed by atoms with Crippen LogP contribution in [0.5, 0.6) is 5.75 Å². The van der Waals surface area contributed by atoms with Gasteiger partial charge in [-0.3, -0.25) is 9.59 Å². The van der Waals surface area contributed by atoms with Gasteiger partial charge in [0.25, 0.3) is 0 Å². The number of aromatic hydroxyl groups is 1. The van der Waals surface area contributed by atoms with Crippen molar-refractivity contribution < 1.29 is 24.6 Å². The summed E-state index contributed by atoms with van der Waals surface area (Å²) in [4.78, 5) is 36.7. The van der Waals surface area contributed by atoms with Crippen LogP contribution in [0.4, 0.5) is 0 Å². The Labute approximate surface area is 170 Å². The van der Waals surface area contributed by atoms with Crippen molar-refractivity contribution in [1.29, 1.82) is 0 Å². The van der Waals surface area contributed by atoms with Crippen molar-refractivity contribution in [2.45, 2.75) is 57.7 Å². The van der Waals surface area contributed by atoms with Gasteiger partial charge in [0.1, 0.15) is 17.8 Å². The Morgan fingerprint density at radius 2 is 1.59 bits per heavy atom. The molecule has 0 spiro atoms. The predicted molar refractivity (Wildman–Crippen MR) is 109 cm³/mol. The molecule has 29 heavy (non-hydrogen) atoms. The lowest BCUT2D eigenvalue weighted by atomic mass is 10.0. The highest BCUT2D eigenvalue weighted by molar-refractivity contribution is 5.92. The van der Waals surface area contributed by atoms with E-state index in [4.69, 9.17) is 11.5 Å². The summed E-state index contributed by atoms with van der Waals surface area (Å²) in [6, 6.07) is 3.31. The van der Waals surface area contributed by atoms with E-state index in [1.807, 2.05) is 0 Å². The molecule has 0 saturated carbocycles. The molecule has 0 aliphatic rings. The van der Waals surface area contributed by atoms with Crippen LogP contribution in [0, 0.1) is 5.92 Å². The third kappa shape index (κ3) is 8.49. The Bertz CT molecular complexity index is 678. The number of nitrogens with two attached hydrogens (primary N) is 2. The number of phenolic OH excluding ortho intramolecular Hbond substituents is 1. The van der Waals surface area contributed by atoms with Crippen molar-refractivity contribution in [3.05, 3.63) is 29.8 Å². The smallest absolute Gasteiger partial charge is 0.326 e. The van der Waals surface area contributed by atoms with Gasteiger partial charge in [0.15, 0.2) is 0 Å². The molecule has 2 amide bonds. The molecular formula is C20H32N4O5. The van der Waals surface area contributed by atoms with E-state index in [0.29, 0.717) is 24.9 Å². The number of hydrogen-bond donors (Lipinski definition) is 6. The molecule has 0 bridgehead atoms. The van der Waals surface area contributed by atoms with Crippen LogP contribution in [0.3, 0.4) is 0 Å². The second kappa shape index (κ2) is 12.0. The van der Waals surface area contributed by atoms with E-state index in [2.05, 4.69) is 10.6 Å². The molecule has 0 aliphatic carbocycles. The van der Waals surface area contributed by atoms with Crippen LogP contribution in [-0.4, -0.2) is 52.7 Å². The van der Waals surface area contributed by atoms with E-state index in [1.165, 1.54) is 12.1 Å². The Morgan fingerprint density at radius 3 is 2.10 bits per heavy atom. The molecule has 9 heteroatoms. The van der Waals surface area contributed by atoms with E-state index >= 15 is 0 Å². The largest absolute Gasteiger partial charge is 0.508 e. The lowest BCUT2D eigenvalue weighted by Gasteiger charge is -2.24. The number of benzene rings is 1. The number of unbranched alkanes of at least 4 members (excludes halogenated alkanes) is 1. The zero-order valence-corrected chi connectivity index (χ0v) is 16.9. The number of nitrogens with one attached hydrogen (secondary N) is 2. The number of carbonyl (C=O) groups excluding carboxylic acids is 2. The summed E-state index contributed by atoms with van der Waals surface area (Å²) in [5, 5.41) is 23.9. The molecule has 3 atom stereocenters. The fourth-order valence-electron chi connectivity index (χ4n) is 2.67. The number of carboxylic acids is 1. The lowest BCUT2D eigenvalue weighted by Crippen LogP contribution is -2.56. The summed E-state index contributed by atoms with van der Waals surface area (Å²) in [5.41, 5.74) is 12.0. The highest BCUT2D eigenvalue weighted by Gasteiger charge is 2.28. The molecule has 0 aromatic heterocycles. The van der Waals surface area contributed by atoms with Crippen molar-refractivity contribution >= 4 is 17.8 Å². The molecule has 0 fully saturated rings. The number of aliphatic carboxylic acids is 1. The summed E-state index contributed by atoms with van der Waals surface area (Å²) in [6.07, 6.45) is 1.57. The summed E-state index contributed by atoms with van der Waals surface area (Å²) in [6.45, 7) is 4.02. The fraction of sp³-hybridized carbons (Fsp3) is 0.550. The standard InChI is InChI=1S/C20H32N4O5/c1-12(2)17(22)19(27)24-16(11-13-6-8-14(25)9-7-13)18(26)23-15(20(28)29)5-3-4-10-21/h6-9,12,15-17,25H,3-5,10-11,21-22H2,1-2H3,(H,23,26)(H,24,27)(H,28,29)/t15-,16-,17-/m0/s1. The van der Waals surface area contributed by atoms with E-state index < -0.39 is 35.9 Å². The van der Waals surface area contributed by atoms with E-state index in [9.17, 15) is 24.6 Å². The first-order valence-corrected chi connectivity index (χ1v) is 9.72. The number of phenols is 1. The minimum Gasteiger partial charge on any atom is -0.508 e. The number of carbonyl (C=O) groups is 3. The van der Waals surface area contributed by atoms with Crippen molar-refractivity contribution in [1.82, 2.24) is 10.6 Å². The predicted octanol–water partition coefficient (Wildman–Crippen LogP) is 0.101. The summed E-state index contributed by atoms with van der Waals surface area (Å²) >= 11 is 0. The molecular weight excluding hydrogens is 376 g/mol. The Balaban J connectivity index is 2.94. The third-order valence-corrected chi connectivity index (χ3v) is 4.59. The van der Waals surface area contributed by atoms with Gasteiger partial charge in [-0.15, -0.1) is 0 Å². The minimum atomic E-state index is -1.15. The molecule has 9 nitrogen and oxygen atoms in total. The summed E-state index contributed by atoms with van der Waals surface area (Å²) in [5.74, 6) is -2.30. The van der Waals surface area contributed by atoms with Gasteiger partial charge in [-0.05, 0) is 49.4 Å². The second-order valence-corrected chi connectivity index (χ2v) is 7.39. The van der Waals surface area contributed by atoms with Crippen LogP contribution < -0.4 is 22.1 Å². The maximum atomic E-state index is 12.8.